The highest BCUT2D eigenvalue weighted by Gasteiger charge is 2.23. The van der Waals surface area contributed by atoms with Gasteiger partial charge in [0.15, 0.2) is 6.61 Å². The van der Waals surface area contributed by atoms with Crippen LogP contribution in [-0.2, 0) is 9.53 Å². The Kier molecular flexibility index (Phi) is 6.54. The summed E-state index contributed by atoms with van der Waals surface area (Å²) in [6, 6.07) is 2.45. The molecule has 2 N–H and O–H groups in total. The van der Waals surface area contributed by atoms with Crippen LogP contribution in [-0.4, -0.2) is 35.5 Å². The number of halogens is 1. The van der Waals surface area contributed by atoms with Gasteiger partial charge in [0, 0.05) is 12.2 Å². The summed E-state index contributed by atoms with van der Waals surface area (Å²) in [5, 5.41) is 4.93. The van der Waals surface area contributed by atoms with E-state index in [1.54, 1.807) is 0 Å². The van der Waals surface area contributed by atoms with E-state index in [2.05, 4.69) is 22.5 Å². The number of nitrogens with zero attached hydrogens (tertiary/aromatic N) is 1. The standard InChI is InChI=1S/C16H20ClN3O4/c1-10-5-2-3-7-12(10)19-16(23)20-13(21)9-24-15(22)11-6-4-8-18-14(11)17/h4,6,8,10,12H,2-3,5,7,9H2,1H3,(H2,19,20,21,23)/t10-,12-/m1/s1. The number of aromatic nitrogens is 1. The smallest absolute Gasteiger partial charge is 0.341 e. The summed E-state index contributed by atoms with van der Waals surface area (Å²) < 4.78 is 4.83. The predicted molar refractivity (Wildman–Crippen MR) is 87.6 cm³/mol. The highest BCUT2D eigenvalue weighted by Crippen LogP contribution is 2.23. The molecule has 2 atom stereocenters. The number of hydrogen-bond donors (Lipinski definition) is 2. The Labute approximate surface area is 145 Å². The van der Waals surface area contributed by atoms with E-state index >= 15 is 0 Å². The molecular formula is C16H20ClN3O4. The van der Waals surface area contributed by atoms with Crippen LogP contribution in [0, 0.1) is 5.92 Å². The molecule has 0 aromatic carbocycles. The average molecular weight is 354 g/mol. The predicted octanol–water partition coefficient (Wildman–Crippen LogP) is 2.30. The number of ether oxygens (including phenoxy) is 1. The normalized spacial score (nSPS) is 20.1. The van der Waals surface area contributed by atoms with Gasteiger partial charge in [0.2, 0.25) is 0 Å². The van der Waals surface area contributed by atoms with Crippen molar-refractivity contribution < 1.29 is 19.1 Å². The molecule has 1 heterocycles. The number of rotatable bonds is 4. The quantitative estimate of drug-likeness (QED) is 0.639. The van der Waals surface area contributed by atoms with Gasteiger partial charge in [-0.15, -0.1) is 0 Å². The fourth-order valence-electron chi connectivity index (χ4n) is 2.65. The first-order chi connectivity index (χ1) is 11.5. The SMILES string of the molecule is C[C@@H]1CCCC[C@H]1NC(=O)NC(=O)COC(=O)c1cccnc1Cl. The van der Waals surface area contributed by atoms with Crippen molar-refractivity contribution in [3.05, 3.63) is 29.0 Å². The lowest BCUT2D eigenvalue weighted by Gasteiger charge is -2.29. The maximum atomic E-state index is 11.8. The Morgan fingerprint density at radius 3 is 2.79 bits per heavy atom. The molecule has 0 bridgehead atoms. The number of carbonyl (C=O) groups is 3. The zero-order valence-electron chi connectivity index (χ0n) is 13.4. The van der Waals surface area contributed by atoms with Crippen molar-refractivity contribution in [3.8, 4) is 0 Å². The van der Waals surface area contributed by atoms with Crippen LogP contribution in [0.1, 0.15) is 43.0 Å². The molecular weight excluding hydrogens is 334 g/mol. The lowest BCUT2D eigenvalue weighted by Crippen LogP contribution is -2.48. The topological polar surface area (TPSA) is 97.4 Å². The number of hydrogen-bond acceptors (Lipinski definition) is 5. The number of amides is 3. The number of imide groups is 1. The third-order valence-corrected chi connectivity index (χ3v) is 4.30. The molecule has 7 nitrogen and oxygen atoms in total. The van der Waals surface area contributed by atoms with Crippen molar-refractivity contribution in [2.45, 2.75) is 38.6 Å². The Morgan fingerprint density at radius 1 is 1.33 bits per heavy atom. The zero-order chi connectivity index (χ0) is 17.5. The highest BCUT2D eigenvalue weighted by atomic mass is 35.5. The number of nitrogens with one attached hydrogen (secondary N) is 2. The lowest BCUT2D eigenvalue weighted by atomic mass is 9.86. The van der Waals surface area contributed by atoms with Gasteiger partial charge < -0.3 is 10.1 Å². The summed E-state index contributed by atoms with van der Waals surface area (Å²) in [6.07, 6.45) is 5.61. The summed E-state index contributed by atoms with van der Waals surface area (Å²) in [5.74, 6) is -1.10. The van der Waals surface area contributed by atoms with E-state index in [1.165, 1.54) is 18.3 Å². The van der Waals surface area contributed by atoms with E-state index in [4.69, 9.17) is 16.3 Å². The second-order valence-electron chi connectivity index (χ2n) is 5.81. The maximum absolute atomic E-state index is 11.8. The van der Waals surface area contributed by atoms with Crippen LogP contribution in [0.4, 0.5) is 4.79 Å². The van der Waals surface area contributed by atoms with Gasteiger partial charge in [-0.1, -0.05) is 31.4 Å². The van der Waals surface area contributed by atoms with Crippen LogP contribution < -0.4 is 10.6 Å². The lowest BCUT2D eigenvalue weighted by molar-refractivity contribution is -0.123. The molecule has 0 aliphatic heterocycles. The number of pyridine rings is 1. The van der Waals surface area contributed by atoms with Gasteiger partial charge in [-0.05, 0) is 30.9 Å². The van der Waals surface area contributed by atoms with E-state index in [0.717, 1.165) is 25.7 Å². The largest absolute Gasteiger partial charge is 0.452 e. The minimum atomic E-state index is -0.774. The summed E-state index contributed by atoms with van der Waals surface area (Å²) in [4.78, 5) is 39.1. The van der Waals surface area contributed by atoms with Crippen LogP contribution in [0.25, 0.3) is 0 Å². The molecule has 1 aromatic rings. The van der Waals surface area contributed by atoms with Crippen molar-refractivity contribution in [1.29, 1.82) is 0 Å². The molecule has 1 fully saturated rings. The average Bonchev–Trinajstić information content (AvgIpc) is 2.55. The van der Waals surface area contributed by atoms with E-state index in [-0.39, 0.29) is 16.8 Å². The molecule has 8 heteroatoms. The Hall–Kier alpha value is -2.15. The summed E-state index contributed by atoms with van der Waals surface area (Å²) in [5.41, 5.74) is 0.0625. The molecule has 24 heavy (non-hydrogen) atoms. The third-order valence-electron chi connectivity index (χ3n) is 3.99. The van der Waals surface area contributed by atoms with E-state index < -0.39 is 24.5 Å². The molecule has 1 aliphatic carbocycles. The van der Waals surface area contributed by atoms with Gasteiger partial charge in [0.05, 0.1) is 5.56 Å². The summed E-state index contributed by atoms with van der Waals surface area (Å²) >= 11 is 5.76. The third kappa shape index (κ3) is 5.19. The van der Waals surface area contributed by atoms with Gasteiger partial charge in [-0.2, -0.15) is 0 Å². The first-order valence-corrected chi connectivity index (χ1v) is 8.23. The fourth-order valence-corrected chi connectivity index (χ4v) is 2.84. The first kappa shape index (κ1) is 18.2. The van der Waals surface area contributed by atoms with Crippen molar-refractivity contribution >= 4 is 29.5 Å². The molecule has 0 unspecified atom stereocenters. The van der Waals surface area contributed by atoms with Crippen LogP contribution in [0.2, 0.25) is 5.15 Å². The molecule has 1 aliphatic rings. The summed E-state index contributed by atoms with van der Waals surface area (Å²) in [7, 11) is 0. The molecule has 3 amide bonds. The van der Waals surface area contributed by atoms with Gasteiger partial charge in [0.25, 0.3) is 5.91 Å². The Bertz CT molecular complexity index is 623. The van der Waals surface area contributed by atoms with Crippen molar-refractivity contribution in [2.75, 3.05) is 6.61 Å². The first-order valence-electron chi connectivity index (χ1n) is 7.85. The van der Waals surface area contributed by atoms with Crippen LogP contribution >= 0.6 is 11.6 Å². The summed E-state index contributed by atoms with van der Waals surface area (Å²) in [6.45, 7) is 1.50. The minimum absolute atomic E-state index is 0.00747. The number of esters is 1. The molecule has 1 aromatic heterocycles. The maximum Gasteiger partial charge on any atom is 0.341 e. The van der Waals surface area contributed by atoms with Crippen molar-refractivity contribution in [2.24, 2.45) is 5.92 Å². The van der Waals surface area contributed by atoms with Gasteiger partial charge in [-0.25, -0.2) is 14.6 Å². The van der Waals surface area contributed by atoms with Crippen LogP contribution in [0.5, 0.6) is 0 Å². The molecule has 0 radical (unpaired) electrons. The second kappa shape index (κ2) is 8.63. The van der Waals surface area contributed by atoms with Crippen molar-refractivity contribution in [1.82, 2.24) is 15.6 Å². The number of carbonyl (C=O) groups excluding carboxylic acids is 3. The highest BCUT2D eigenvalue weighted by molar-refractivity contribution is 6.32. The van der Waals surface area contributed by atoms with E-state index in [9.17, 15) is 14.4 Å². The van der Waals surface area contributed by atoms with Gasteiger partial charge in [-0.3, -0.25) is 10.1 Å². The minimum Gasteiger partial charge on any atom is -0.452 e. The van der Waals surface area contributed by atoms with E-state index in [0.29, 0.717) is 5.92 Å². The molecule has 2 rings (SSSR count). The van der Waals surface area contributed by atoms with E-state index in [1.807, 2.05) is 0 Å². The van der Waals surface area contributed by atoms with Gasteiger partial charge in [0.1, 0.15) is 5.15 Å². The molecule has 1 saturated carbocycles. The van der Waals surface area contributed by atoms with Crippen LogP contribution in [0.15, 0.2) is 18.3 Å². The Morgan fingerprint density at radius 2 is 2.08 bits per heavy atom. The fraction of sp³-hybridized carbons (Fsp3) is 0.500. The van der Waals surface area contributed by atoms with Crippen molar-refractivity contribution in [3.63, 3.8) is 0 Å². The molecule has 0 spiro atoms. The second-order valence-corrected chi connectivity index (χ2v) is 6.17. The zero-order valence-corrected chi connectivity index (χ0v) is 14.1. The molecule has 0 saturated heterocycles. The van der Waals surface area contributed by atoms with Crippen LogP contribution in [0.3, 0.4) is 0 Å². The Balaban J connectivity index is 1.75. The van der Waals surface area contributed by atoms with Gasteiger partial charge >= 0.3 is 12.0 Å². The monoisotopic (exact) mass is 353 g/mol. The molecule has 130 valence electrons. The number of urea groups is 1.